The number of rotatable bonds is 5. The molecule has 0 saturated heterocycles. The zero-order valence-electron chi connectivity index (χ0n) is 18.7. The molecule has 0 fully saturated rings. The molecular formula is C28H20FN3O3. The van der Waals surface area contributed by atoms with E-state index in [1.807, 2.05) is 18.2 Å². The molecule has 35 heavy (non-hydrogen) atoms. The van der Waals surface area contributed by atoms with E-state index in [0.29, 0.717) is 33.6 Å². The third kappa shape index (κ3) is 4.15. The molecule has 6 nitrogen and oxygen atoms in total. The van der Waals surface area contributed by atoms with Gasteiger partial charge in [-0.15, -0.1) is 0 Å². The van der Waals surface area contributed by atoms with Crippen molar-refractivity contribution in [3.63, 3.8) is 0 Å². The standard InChI is InChI=1S/C28H20FN3O3/c1-16-20(7-4-8-21(16)28(34)35)22-5-2-3-6-23(22)27(33)30-19-13-14-25-24(15-19)26(32-31-25)17-9-11-18(29)12-10-17/h2-15H,1H3,(H,30,33)(H,31,32)(H,34,35). The predicted octanol–water partition coefficient (Wildman–Crippen LogP) is 6.29. The predicted molar refractivity (Wildman–Crippen MR) is 133 cm³/mol. The SMILES string of the molecule is Cc1c(C(=O)O)cccc1-c1ccccc1C(=O)Nc1ccc2[nH]nc(-c3ccc(F)cc3)c2c1. The first kappa shape index (κ1) is 22.0. The normalized spacial score (nSPS) is 10.9. The Balaban J connectivity index is 1.50. The van der Waals surface area contributed by atoms with Gasteiger partial charge in [0.05, 0.1) is 16.8 Å². The van der Waals surface area contributed by atoms with Crippen molar-refractivity contribution in [3.05, 3.63) is 107 Å². The summed E-state index contributed by atoms with van der Waals surface area (Å²) in [5.41, 5.74) is 5.27. The third-order valence-electron chi connectivity index (χ3n) is 5.96. The maximum atomic E-state index is 13.3. The van der Waals surface area contributed by atoms with E-state index >= 15 is 0 Å². The second-order valence-electron chi connectivity index (χ2n) is 8.12. The highest BCUT2D eigenvalue weighted by molar-refractivity contribution is 6.10. The van der Waals surface area contributed by atoms with Crippen molar-refractivity contribution in [2.75, 3.05) is 5.32 Å². The Morgan fingerprint density at radius 2 is 1.60 bits per heavy atom. The van der Waals surface area contributed by atoms with E-state index in [4.69, 9.17) is 0 Å². The van der Waals surface area contributed by atoms with Crippen LogP contribution < -0.4 is 5.32 Å². The van der Waals surface area contributed by atoms with Gasteiger partial charge in [0.15, 0.2) is 0 Å². The number of amides is 1. The molecule has 1 aromatic heterocycles. The number of fused-ring (bicyclic) bond motifs is 1. The number of H-pyrrole nitrogens is 1. The maximum Gasteiger partial charge on any atom is 0.335 e. The molecule has 0 aliphatic carbocycles. The Morgan fingerprint density at radius 3 is 2.37 bits per heavy atom. The monoisotopic (exact) mass is 465 g/mol. The van der Waals surface area contributed by atoms with E-state index in [-0.39, 0.29) is 17.3 Å². The van der Waals surface area contributed by atoms with Crippen molar-refractivity contribution in [3.8, 4) is 22.4 Å². The smallest absolute Gasteiger partial charge is 0.335 e. The number of aromatic carboxylic acids is 1. The molecule has 4 aromatic carbocycles. The summed E-state index contributed by atoms with van der Waals surface area (Å²) < 4.78 is 13.3. The highest BCUT2D eigenvalue weighted by Crippen LogP contribution is 2.31. The molecule has 3 N–H and O–H groups in total. The van der Waals surface area contributed by atoms with E-state index in [0.717, 1.165) is 16.5 Å². The molecule has 5 aromatic rings. The summed E-state index contributed by atoms with van der Waals surface area (Å²) >= 11 is 0. The lowest BCUT2D eigenvalue weighted by Crippen LogP contribution is -2.13. The number of anilines is 1. The van der Waals surface area contributed by atoms with Crippen molar-refractivity contribution < 1.29 is 19.1 Å². The number of nitrogens with zero attached hydrogens (tertiary/aromatic N) is 1. The summed E-state index contributed by atoms with van der Waals surface area (Å²) in [5, 5.41) is 20.5. The minimum atomic E-state index is -1.02. The van der Waals surface area contributed by atoms with E-state index < -0.39 is 5.97 Å². The van der Waals surface area contributed by atoms with Crippen molar-refractivity contribution in [2.45, 2.75) is 6.92 Å². The number of nitrogens with one attached hydrogen (secondary N) is 2. The van der Waals surface area contributed by atoms with Gasteiger partial charge in [-0.2, -0.15) is 5.10 Å². The summed E-state index contributed by atoms with van der Waals surface area (Å²) in [7, 11) is 0. The minimum Gasteiger partial charge on any atom is -0.478 e. The zero-order chi connectivity index (χ0) is 24.5. The molecule has 7 heteroatoms. The topological polar surface area (TPSA) is 95.1 Å². The largest absolute Gasteiger partial charge is 0.478 e. The molecule has 0 unspecified atom stereocenters. The van der Waals surface area contributed by atoms with Gasteiger partial charge >= 0.3 is 5.97 Å². The second kappa shape index (κ2) is 8.87. The Labute approximate surface area is 200 Å². The van der Waals surface area contributed by atoms with Crippen LogP contribution in [0.5, 0.6) is 0 Å². The molecule has 0 atom stereocenters. The average molecular weight is 465 g/mol. The first-order valence-electron chi connectivity index (χ1n) is 10.9. The van der Waals surface area contributed by atoms with Gasteiger partial charge in [0.2, 0.25) is 0 Å². The zero-order valence-corrected chi connectivity index (χ0v) is 18.7. The second-order valence-corrected chi connectivity index (χ2v) is 8.12. The number of carboxylic acids is 1. The van der Waals surface area contributed by atoms with Crippen LogP contribution in [0.25, 0.3) is 33.3 Å². The fourth-order valence-corrected chi connectivity index (χ4v) is 4.19. The Kier molecular flexibility index (Phi) is 5.58. The van der Waals surface area contributed by atoms with Gasteiger partial charge in [-0.1, -0.05) is 30.3 Å². The fourth-order valence-electron chi connectivity index (χ4n) is 4.19. The average Bonchev–Trinajstić information content (AvgIpc) is 3.28. The maximum absolute atomic E-state index is 13.3. The highest BCUT2D eigenvalue weighted by atomic mass is 19.1. The van der Waals surface area contributed by atoms with Crippen LogP contribution in [0.15, 0.2) is 84.9 Å². The number of carbonyl (C=O) groups is 2. The van der Waals surface area contributed by atoms with Gasteiger partial charge < -0.3 is 10.4 Å². The van der Waals surface area contributed by atoms with E-state index in [1.54, 1.807) is 61.5 Å². The number of aromatic amines is 1. The first-order chi connectivity index (χ1) is 16.9. The van der Waals surface area contributed by atoms with Crippen molar-refractivity contribution in [1.29, 1.82) is 0 Å². The molecule has 1 amide bonds. The molecule has 5 rings (SSSR count). The fraction of sp³-hybridized carbons (Fsp3) is 0.0357. The van der Waals surface area contributed by atoms with Gasteiger partial charge in [0, 0.05) is 22.2 Å². The Hall–Kier alpha value is -4.78. The third-order valence-corrected chi connectivity index (χ3v) is 5.96. The molecule has 0 spiro atoms. The Morgan fingerprint density at radius 1 is 0.886 bits per heavy atom. The quantitative estimate of drug-likeness (QED) is 0.284. The highest BCUT2D eigenvalue weighted by Gasteiger charge is 2.18. The molecule has 0 bridgehead atoms. The summed E-state index contributed by atoms with van der Waals surface area (Å²) in [6, 6.07) is 23.6. The van der Waals surface area contributed by atoms with Gasteiger partial charge in [-0.25, -0.2) is 9.18 Å². The molecule has 0 radical (unpaired) electrons. The first-order valence-corrected chi connectivity index (χ1v) is 10.9. The molecule has 1 heterocycles. The number of halogens is 1. The van der Waals surface area contributed by atoms with Crippen LogP contribution in [-0.2, 0) is 0 Å². The van der Waals surface area contributed by atoms with Crippen LogP contribution >= 0.6 is 0 Å². The van der Waals surface area contributed by atoms with Gasteiger partial charge in [0.1, 0.15) is 5.82 Å². The number of aromatic nitrogens is 2. The van der Waals surface area contributed by atoms with Crippen LogP contribution in [0.4, 0.5) is 10.1 Å². The lowest BCUT2D eigenvalue weighted by Gasteiger charge is -2.14. The van der Waals surface area contributed by atoms with Crippen LogP contribution in [0.1, 0.15) is 26.3 Å². The lowest BCUT2D eigenvalue weighted by atomic mass is 9.93. The number of hydrogen-bond acceptors (Lipinski definition) is 3. The number of carboxylic acid groups (broad SMARTS) is 1. The van der Waals surface area contributed by atoms with Crippen molar-refractivity contribution >= 4 is 28.5 Å². The summed E-state index contributed by atoms with van der Waals surface area (Å²) in [6.45, 7) is 1.73. The Bertz CT molecular complexity index is 1590. The lowest BCUT2D eigenvalue weighted by molar-refractivity contribution is 0.0696. The summed E-state index contributed by atoms with van der Waals surface area (Å²) in [5.74, 6) is -1.67. The molecule has 172 valence electrons. The van der Waals surface area contributed by atoms with Crippen LogP contribution in [-0.4, -0.2) is 27.2 Å². The van der Waals surface area contributed by atoms with Crippen molar-refractivity contribution in [2.24, 2.45) is 0 Å². The minimum absolute atomic E-state index is 0.191. The number of benzene rings is 4. The van der Waals surface area contributed by atoms with Gasteiger partial charge in [-0.3, -0.25) is 9.89 Å². The molecule has 0 aliphatic rings. The van der Waals surface area contributed by atoms with Gasteiger partial charge in [-0.05, 0) is 78.2 Å². The van der Waals surface area contributed by atoms with Crippen LogP contribution in [0, 0.1) is 12.7 Å². The van der Waals surface area contributed by atoms with Gasteiger partial charge in [0.25, 0.3) is 5.91 Å². The van der Waals surface area contributed by atoms with Crippen molar-refractivity contribution in [1.82, 2.24) is 10.2 Å². The number of carbonyl (C=O) groups excluding carboxylic acids is 1. The summed E-state index contributed by atoms with van der Waals surface area (Å²) in [4.78, 5) is 24.9. The van der Waals surface area contributed by atoms with E-state index in [1.165, 1.54) is 12.1 Å². The summed E-state index contributed by atoms with van der Waals surface area (Å²) in [6.07, 6.45) is 0. The molecule has 0 saturated carbocycles. The van der Waals surface area contributed by atoms with E-state index in [9.17, 15) is 19.1 Å². The van der Waals surface area contributed by atoms with Crippen LogP contribution in [0.2, 0.25) is 0 Å². The van der Waals surface area contributed by atoms with Crippen LogP contribution in [0.3, 0.4) is 0 Å². The van der Waals surface area contributed by atoms with E-state index in [2.05, 4.69) is 15.5 Å². The molecule has 0 aliphatic heterocycles. The molecular weight excluding hydrogens is 445 g/mol. The number of hydrogen-bond donors (Lipinski definition) is 3.